The van der Waals surface area contributed by atoms with Crippen molar-refractivity contribution in [2.24, 2.45) is 10.4 Å². The van der Waals surface area contributed by atoms with E-state index in [0.717, 1.165) is 32.3 Å². The van der Waals surface area contributed by atoms with Gasteiger partial charge in [0.15, 0.2) is 5.96 Å². The highest BCUT2D eigenvalue weighted by Crippen LogP contribution is 2.34. The van der Waals surface area contributed by atoms with Crippen molar-refractivity contribution in [1.29, 1.82) is 0 Å². The maximum atomic E-state index is 5.53. The summed E-state index contributed by atoms with van der Waals surface area (Å²) in [5, 5.41) is 7.12. The summed E-state index contributed by atoms with van der Waals surface area (Å²) in [6, 6.07) is 1.54. The molecular formula is C18H36N4O. The minimum absolute atomic E-state index is 0.484. The number of morpholine rings is 1. The summed E-state index contributed by atoms with van der Waals surface area (Å²) in [5.74, 6) is 0.947. The van der Waals surface area contributed by atoms with Crippen LogP contribution in [0.15, 0.2) is 4.99 Å². The van der Waals surface area contributed by atoms with E-state index in [-0.39, 0.29) is 0 Å². The lowest BCUT2D eigenvalue weighted by molar-refractivity contribution is -0.0174. The van der Waals surface area contributed by atoms with Crippen LogP contribution in [-0.2, 0) is 4.74 Å². The van der Waals surface area contributed by atoms with Crippen molar-refractivity contribution in [3.05, 3.63) is 0 Å². The molecule has 1 saturated carbocycles. The molecule has 134 valence electrons. The first-order valence-corrected chi connectivity index (χ1v) is 9.22. The van der Waals surface area contributed by atoms with Gasteiger partial charge in [0.25, 0.3) is 0 Å². The fraction of sp³-hybridized carbons (Fsp3) is 0.944. The lowest BCUT2D eigenvalue weighted by Gasteiger charge is -2.38. The van der Waals surface area contributed by atoms with Gasteiger partial charge in [-0.25, -0.2) is 0 Å². The topological polar surface area (TPSA) is 48.9 Å². The molecule has 2 aliphatic rings. The van der Waals surface area contributed by atoms with Crippen LogP contribution in [0.2, 0.25) is 0 Å². The van der Waals surface area contributed by atoms with Crippen molar-refractivity contribution in [1.82, 2.24) is 15.5 Å². The Bertz CT molecular complexity index is 386. The number of ether oxygens (including phenoxy) is 1. The Morgan fingerprint density at radius 1 is 1.35 bits per heavy atom. The van der Waals surface area contributed by atoms with Gasteiger partial charge in [0.1, 0.15) is 0 Å². The zero-order chi connectivity index (χ0) is 16.9. The Morgan fingerprint density at radius 2 is 2.04 bits per heavy atom. The second kappa shape index (κ2) is 8.34. The van der Waals surface area contributed by atoms with Gasteiger partial charge >= 0.3 is 0 Å². The van der Waals surface area contributed by atoms with Gasteiger partial charge in [-0.15, -0.1) is 0 Å². The highest BCUT2D eigenvalue weighted by atomic mass is 16.5. The Kier molecular flexibility index (Phi) is 6.72. The van der Waals surface area contributed by atoms with Gasteiger partial charge in [-0.3, -0.25) is 9.89 Å². The molecule has 2 N–H and O–H groups in total. The molecule has 0 amide bonds. The molecular weight excluding hydrogens is 288 g/mol. The molecule has 0 radical (unpaired) electrons. The van der Waals surface area contributed by atoms with Gasteiger partial charge in [0.2, 0.25) is 0 Å². The van der Waals surface area contributed by atoms with Crippen LogP contribution in [-0.4, -0.2) is 62.3 Å². The van der Waals surface area contributed by atoms with E-state index in [1.54, 1.807) is 0 Å². The fourth-order valence-corrected chi connectivity index (χ4v) is 3.69. The molecule has 0 bridgehead atoms. The Labute approximate surface area is 142 Å². The smallest absolute Gasteiger partial charge is 0.191 e. The van der Waals surface area contributed by atoms with Crippen molar-refractivity contribution >= 4 is 5.96 Å². The third kappa shape index (κ3) is 5.64. The van der Waals surface area contributed by atoms with E-state index in [9.17, 15) is 0 Å². The monoisotopic (exact) mass is 324 g/mol. The van der Waals surface area contributed by atoms with Gasteiger partial charge in [-0.2, -0.15) is 0 Å². The molecule has 1 heterocycles. The summed E-state index contributed by atoms with van der Waals surface area (Å²) < 4.78 is 5.53. The van der Waals surface area contributed by atoms with Gasteiger partial charge in [-0.05, 0) is 44.9 Å². The Morgan fingerprint density at radius 3 is 2.65 bits per heavy atom. The Balaban J connectivity index is 1.74. The summed E-state index contributed by atoms with van der Waals surface area (Å²) >= 11 is 0. The molecule has 1 aliphatic carbocycles. The Hall–Kier alpha value is -0.810. The van der Waals surface area contributed by atoms with E-state index < -0.39 is 0 Å². The van der Waals surface area contributed by atoms with E-state index in [1.165, 1.54) is 25.7 Å². The van der Waals surface area contributed by atoms with Crippen molar-refractivity contribution in [2.45, 2.75) is 71.5 Å². The number of aliphatic imine (C=N–C) groups is 1. The number of nitrogens with one attached hydrogen (secondary N) is 2. The number of nitrogens with zero attached hydrogens (tertiary/aromatic N) is 2. The number of guanidine groups is 1. The normalized spacial score (nSPS) is 28.4. The van der Waals surface area contributed by atoms with Crippen LogP contribution < -0.4 is 10.6 Å². The molecule has 1 aliphatic heterocycles. The molecule has 2 atom stereocenters. The summed E-state index contributed by atoms with van der Waals surface area (Å²) in [6.45, 7) is 12.9. The fourth-order valence-electron chi connectivity index (χ4n) is 3.69. The quantitative estimate of drug-likeness (QED) is 0.615. The van der Waals surface area contributed by atoms with Crippen molar-refractivity contribution in [3.63, 3.8) is 0 Å². The molecule has 0 aromatic carbocycles. The van der Waals surface area contributed by atoms with E-state index >= 15 is 0 Å². The van der Waals surface area contributed by atoms with E-state index in [4.69, 9.17) is 4.74 Å². The van der Waals surface area contributed by atoms with E-state index in [1.807, 2.05) is 7.05 Å². The van der Waals surface area contributed by atoms with Crippen molar-refractivity contribution in [2.75, 3.05) is 33.4 Å². The predicted molar refractivity (Wildman–Crippen MR) is 97.0 cm³/mol. The average Bonchev–Trinajstić information content (AvgIpc) is 2.53. The second-order valence-electron chi connectivity index (χ2n) is 8.05. The summed E-state index contributed by atoms with van der Waals surface area (Å²) in [7, 11) is 1.87. The number of hydrogen-bond donors (Lipinski definition) is 2. The molecule has 2 rings (SSSR count). The maximum Gasteiger partial charge on any atom is 0.191 e. The number of rotatable bonds is 4. The first kappa shape index (κ1) is 18.5. The van der Waals surface area contributed by atoms with Gasteiger partial charge < -0.3 is 15.4 Å². The SMILES string of the molecule is CN=C(NCC(C)N1CCOCC1C)NC1CCC(C)(C)CC1. The van der Waals surface area contributed by atoms with Crippen molar-refractivity contribution in [3.8, 4) is 0 Å². The molecule has 0 spiro atoms. The standard InChI is InChI=1S/C18H36N4O/c1-14(22-10-11-23-13-15(22)2)12-20-17(19-5)21-16-6-8-18(3,4)9-7-16/h14-16H,6-13H2,1-5H3,(H2,19,20,21). The zero-order valence-electron chi connectivity index (χ0n) is 15.7. The molecule has 23 heavy (non-hydrogen) atoms. The van der Waals surface area contributed by atoms with Gasteiger partial charge in [0.05, 0.1) is 13.2 Å². The molecule has 2 fully saturated rings. The molecule has 1 saturated heterocycles. The van der Waals surface area contributed by atoms with Crippen LogP contribution in [0.4, 0.5) is 0 Å². The van der Waals surface area contributed by atoms with Crippen LogP contribution >= 0.6 is 0 Å². The lowest BCUT2D eigenvalue weighted by Crippen LogP contribution is -2.54. The largest absolute Gasteiger partial charge is 0.379 e. The van der Waals surface area contributed by atoms with Crippen LogP contribution in [0.3, 0.4) is 0 Å². The van der Waals surface area contributed by atoms with Crippen LogP contribution in [0.1, 0.15) is 53.4 Å². The summed E-state index contributed by atoms with van der Waals surface area (Å²) in [4.78, 5) is 6.93. The lowest BCUT2D eigenvalue weighted by atomic mass is 9.75. The van der Waals surface area contributed by atoms with E-state index in [0.29, 0.717) is 23.5 Å². The van der Waals surface area contributed by atoms with E-state index in [2.05, 4.69) is 48.2 Å². The molecule has 0 aromatic rings. The first-order valence-electron chi connectivity index (χ1n) is 9.22. The highest BCUT2D eigenvalue weighted by molar-refractivity contribution is 5.80. The first-order chi connectivity index (χ1) is 10.9. The summed E-state index contributed by atoms with van der Waals surface area (Å²) in [5.41, 5.74) is 0.510. The summed E-state index contributed by atoms with van der Waals surface area (Å²) in [6.07, 6.45) is 5.07. The average molecular weight is 325 g/mol. The zero-order valence-corrected chi connectivity index (χ0v) is 15.7. The highest BCUT2D eigenvalue weighted by Gasteiger charge is 2.27. The minimum atomic E-state index is 0.484. The third-order valence-electron chi connectivity index (χ3n) is 5.45. The third-order valence-corrected chi connectivity index (χ3v) is 5.45. The molecule has 0 aromatic heterocycles. The van der Waals surface area contributed by atoms with Crippen LogP contribution in [0.25, 0.3) is 0 Å². The number of hydrogen-bond acceptors (Lipinski definition) is 3. The van der Waals surface area contributed by atoms with Gasteiger partial charge in [0, 0.05) is 38.3 Å². The minimum Gasteiger partial charge on any atom is -0.379 e. The maximum absolute atomic E-state index is 5.53. The van der Waals surface area contributed by atoms with Gasteiger partial charge in [-0.1, -0.05) is 13.8 Å². The molecule has 5 nitrogen and oxygen atoms in total. The van der Waals surface area contributed by atoms with Crippen LogP contribution in [0, 0.1) is 5.41 Å². The van der Waals surface area contributed by atoms with Crippen LogP contribution in [0.5, 0.6) is 0 Å². The second-order valence-corrected chi connectivity index (χ2v) is 8.05. The van der Waals surface area contributed by atoms with Crippen molar-refractivity contribution < 1.29 is 4.74 Å². The molecule has 2 unspecified atom stereocenters. The molecule has 5 heteroatoms. The predicted octanol–water partition coefficient (Wildman–Crippen LogP) is 2.23.